The van der Waals surface area contributed by atoms with Crippen molar-refractivity contribution in [2.45, 2.75) is 45.4 Å². The van der Waals surface area contributed by atoms with Crippen molar-refractivity contribution < 1.29 is 14.8 Å². The van der Waals surface area contributed by atoms with E-state index in [9.17, 15) is 15.2 Å². The van der Waals surface area contributed by atoms with Crippen molar-refractivity contribution in [1.82, 2.24) is 0 Å². The zero-order chi connectivity index (χ0) is 14.1. The summed E-state index contributed by atoms with van der Waals surface area (Å²) in [4.78, 5) is 10.0. The molecule has 0 bridgehead atoms. The molecule has 0 atom stereocenters. The number of unbranched alkanes of at least 4 members (excludes halogenated alkanes) is 5. The predicted molar refractivity (Wildman–Crippen MR) is 73.6 cm³/mol. The molecular weight excluding hydrogens is 246 g/mol. The first kappa shape index (κ1) is 15.3. The largest absolute Gasteiger partial charge is 0.502 e. The number of benzene rings is 1. The van der Waals surface area contributed by atoms with E-state index in [1.165, 1.54) is 37.8 Å². The topological polar surface area (TPSA) is 72.6 Å². The summed E-state index contributed by atoms with van der Waals surface area (Å²) >= 11 is 0. The Hall–Kier alpha value is -1.78. The van der Waals surface area contributed by atoms with E-state index >= 15 is 0 Å². The standard InChI is InChI=1S/C14H21NO4/c1-2-3-4-5-6-7-10-19-12-8-9-14(16)13(11-12)15(17)18/h8-9,11,16H,2-7,10H2,1H3. The Morgan fingerprint density at radius 3 is 2.58 bits per heavy atom. The van der Waals surface area contributed by atoms with Gasteiger partial charge < -0.3 is 9.84 Å². The van der Waals surface area contributed by atoms with Gasteiger partial charge in [-0.05, 0) is 18.6 Å². The van der Waals surface area contributed by atoms with Gasteiger partial charge in [0.05, 0.1) is 17.6 Å². The first-order valence-electron chi connectivity index (χ1n) is 6.75. The van der Waals surface area contributed by atoms with Crippen molar-refractivity contribution in [3.05, 3.63) is 28.3 Å². The second-order valence-electron chi connectivity index (χ2n) is 4.52. The minimum absolute atomic E-state index is 0.319. The maximum atomic E-state index is 10.6. The molecule has 0 unspecified atom stereocenters. The van der Waals surface area contributed by atoms with Crippen LogP contribution in [0.15, 0.2) is 18.2 Å². The van der Waals surface area contributed by atoms with E-state index in [1.807, 2.05) is 0 Å². The number of nitro groups is 1. The van der Waals surface area contributed by atoms with Crippen molar-refractivity contribution in [3.63, 3.8) is 0 Å². The highest BCUT2D eigenvalue weighted by molar-refractivity contribution is 5.49. The van der Waals surface area contributed by atoms with Gasteiger partial charge in [-0.1, -0.05) is 39.0 Å². The molecule has 106 valence electrons. The molecule has 5 heteroatoms. The summed E-state index contributed by atoms with van der Waals surface area (Å²) in [6.45, 7) is 2.73. The van der Waals surface area contributed by atoms with Gasteiger partial charge in [-0.15, -0.1) is 0 Å². The van der Waals surface area contributed by atoms with Gasteiger partial charge in [-0.25, -0.2) is 0 Å². The molecule has 0 aliphatic heterocycles. The Labute approximate surface area is 113 Å². The number of nitrogens with zero attached hydrogens (tertiary/aromatic N) is 1. The lowest BCUT2D eigenvalue weighted by molar-refractivity contribution is -0.385. The van der Waals surface area contributed by atoms with E-state index in [-0.39, 0.29) is 11.4 Å². The molecule has 0 radical (unpaired) electrons. The van der Waals surface area contributed by atoms with Crippen LogP contribution in [0.3, 0.4) is 0 Å². The molecule has 1 aromatic carbocycles. The summed E-state index contributed by atoms with van der Waals surface area (Å²) in [5.74, 6) is 0.0926. The summed E-state index contributed by atoms with van der Waals surface area (Å²) in [5, 5.41) is 19.9. The molecule has 0 aliphatic carbocycles. The molecule has 5 nitrogen and oxygen atoms in total. The molecule has 0 saturated heterocycles. The fourth-order valence-electron chi connectivity index (χ4n) is 1.81. The molecule has 0 spiro atoms. The SMILES string of the molecule is CCCCCCCCOc1ccc(O)c([N+](=O)[O-])c1. The van der Waals surface area contributed by atoms with Crippen LogP contribution in [-0.2, 0) is 0 Å². The monoisotopic (exact) mass is 267 g/mol. The Bertz CT molecular complexity index is 406. The molecule has 1 N–H and O–H groups in total. The average molecular weight is 267 g/mol. The number of hydrogen-bond acceptors (Lipinski definition) is 4. The summed E-state index contributed by atoms with van der Waals surface area (Å²) in [6, 6.07) is 4.08. The number of aromatic hydroxyl groups is 1. The zero-order valence-corrected chi connectivity index (χ0v) is 11.3. The lowest BCUT2D eigenvalue weighted by Crippen LogP contribution is -1.98. The average Bonchev–Trinajstić information content (AvgIpc) is 2.39. The molecule has 19 heavy (non-hydrogen) atoms. The van der Waals surface area contributed by atoms with Crippen molar-refractivity contribution in [2.24, 2.45) is 0 Å². The van der Waals surface area contributed by atoms with Gasteiger partial charge in [0.25, 0.3) is 0 Å². The van der Waals surface area contributed by atoms with Gasteiger partial charge >= 0.3 is 5.69 Å². The Morgan fingerprint density at radius 2 is 1.89 bits per heavy atom. The Balaban J connectivity index is 2.30. The molecular formula is C14H21NO4. The molecule has 0 aromatic heterocycles. The van der Waals surface area contributed by atoms with E-state index in [0.29, 0.717) is 12.4 Å². The van der Waals surface area contributed by atoms with E-state index in [4.69, 9.17) is 4.74 Å². The lowest BCUT2D eigenvalue weighted by atomic mass is 10.1. The number of hydrogen-bond donors (Lipinski definition) is 1. The highest BCUT2D eigenvalue weighted by Gasteiger charge is 2.13. The van der Waals surface area contributed by atoms with E-state index < -0.39 is 4.92 Å². The Morgan fingerprint density at radius 1 is 1.21 bits per heavy atom. The third kappa shape index (κ3) is 5.59. The first-order chi connectivity index (χ1) is 9.15. The Kier molecular flexibility index (Phi) is 6.71. The summed E-state index contributed by atoms with van der Waals surface area (Å²) in [5.41, 5.74) is -0.319. The second kappa shape index (κ2) is 8.34. The van der Waals surface area contributed by atoms with Crippen LogP contribution in [0.4, 0.5) is 5.69 Å². The number of phenolic OH excluding ortho intramolecular Hbond substituents is 1. The van der Waals surface area contributed by atoms with Gasteiger partial charge in [0.15, 0.2) is 5.75 Å². The van der Waals surface area contributed by atoms with Crippen LogP contribution in [0.2, 0.25) is 0 Å². The molecule has 0 amide bonds. The molecule has 0 fully saturated rings. The van der Waals surface area contributed by atoms with E-state index in [2.05, 4.69) is 6.92 Å². The molecule has 0 heterocycles. The summed E-state index contributed by atoms with van der Waals surface area (Å²) in [6.07, 6.45) is 7.01. The third-order valence-electron chi connectivity index (χ3n) is 2.91. The van der Waals surface area contributed by atoms with Crippen molar-refractivity contribution in [3.8, 4) is 11.5 Å². The van der Waals surface area contributed by atoms with E-state index in [1.54, 1.807) is 6.07 Å². The molecule has 1 rings (SSSR count). The van der Waals surface area contributed by atoms with Crippen LogP contribution in [0, 0.1) is 10.1 Å². The predicted octanol–water partition coefficient (Wildman–Crippen LogP) is 4.04. The van der Waals surface area contributed by atoms with Gasteiger partial charge in [0.2, 0.25) is 0 Å². The highest BCUT2D eigenvalue weighted by Crippen LogP contribution is 2.29. The number of ether oxygens (including phenoxy) is 1. The normalized spacial score (nSPS) is 10.4. The minimum Gasteiger partial charge on any atom is -0.502 e. The van der Waals surface area contributed by atoms with Crippen LogP contribution in [0.25, 0.3) is 0 Å². The van der Waals surface area contributed by atoms with Crippen LogP contribution in [0.1, 0.15) is 45.4 Å². The van der Waals surface area contributed by atoms with Crippen molar-refractivity contribution >= 4 is 5.69 Å². The number of nitro benzene ring substituents is 1. The second-order valence-corrected chi connectivity index (χ2v) is 4.52. The zero-order valence-electron chi connectivity index (χ0n) is 11.3. The minimum atomic E-state index is -0.618. The first-order valence-corrected chi connectivity index (χ1v) is 6.75. The van der Waals surface area contributed by atoms with Crippen molar-refractivity contribution in [1.29, 1.82) is 0 Å². The number of rotatable bonds is 9. The lowest BCUT2D eigenvalue weighted by Gasteiger charge is -2.06. The third-order valence-corrected chi connectivity index (χ3v) is 2.91. The van der Waals surface area contributed by atoms with Crippen LogP contribution < -0.4 is 4.74 Å². The molecule has 1 aromatic rings. The van der Waals surface area contributed by atoms with Gasteiger partial charge in [0, 0.05) is 0 Å². The molecule has 0 aliphatic rings. The quantitative estimate of drug-likeness (QED) is 0.416. The van der Waals surface area contributed by atoms with Crippen LogP contribution in [-0.4, -0.2) is 16.6 Å². The van der Waals surface area contributed by atoms with Crippen molar-refractivity contribution in [2.75, 3.05) is 6.61 Å². The summed E-state index contributed by atoms with van der Waals surface area (Å²) in [7, 11) is 0. The smallest absolute Gasteiger partial charge is 0.314 e. The van der Waals surface area contributed by atoms with Gasteiger partial charge in [-0.2, -0.15) is 0 Å². The van der Waals surface area contributed by atoms with Gasteiger partial charge in [0.1, 0.15) is 5.75 Å². The van der Waals surface area contributed by atoms with Crippen LogP contribution in [0.5, 0.6) is 11.5 Å². The fraction of sp³-hybridized carbons (Fsp3) is 0.571. The number of phenols is 1. The van der Waals surface area contributed by atoms with E-state index in [0.717, 1.165) is 12.8 Å². The molecule has 0 saturated carbocycles. The summed E-state index contributed by atoms with van der Waals surface area (Å²) < 4.78 is 5.44. The fourth-order valence-corrected chi connectivity index (χ4v) is 1.81. The maximum Gasteiger partial charge on any atom is 0.314 e. The van der Waals surface area contributed by atoms with Crippen LogP contribution >= 0.6 is 0 Å². The van der Waals surface area contributed by atoms with Gasteiger partial charge in [-0.3, -0.25) is 10.1 Å². The maximum absolute atomic E-state index is 10.6. The highest BCUT2D eigenvalue weighted by atomic mass is 16.6.